The van der Waals surface area contributed by atoms with Gasteiger partial charge in [-0.25, -0.2) is 13.8 Å². The van der Waals surface area contributed by atoms with Gasteiger partial charge in [-0.2, -0.15) is 0 Å². The van der Waals surface area contributed by atoms with Crippen molar-refractivity contribution in [1.82, 2.24) is 9.97 Å². The van der Waals surface area contributed by atoms with E-state index < -0.39 is 11.6 Å². The topological polar surface area (TPSA) is 49.8 Å². The molecular formula is C13H14F2N4. The average molecular weight is 264 g/mol. The molecule has 1 aromatic heterocycles. The van der Waals surface area contributed by atoms with Crippen molar-refractivity contribution in [3.8, 4) is 0 Å². The summed E-state index contributed by atoms with van der Waals surface area (Å²) in [5, 5.41) is 5.77. The van der Waals surface area contributed by atoms with Gasteiger partial charge in [-0.15, -0.1) is 0 Å². The van der Waals surface area contributed by atoms with Crippen molar-refractivity contribution in [1.29, 1.82) is 0 Å². The molecule has 1 heterocycles. The summed E-state index contributed by atoms with van der Waals surface area (Å²) in [7, 11) is 0. The minimum Gasteiger partial charge on any atom is -0.369 e. The van der Waals surface area contributed by atoms with Crippen molar-refractivity contribution in [2.24, 2.45) is 0 Å². The SMILES string of the molecule is CCCNc1cncc(Nc2cc(F)ccc2F)n1. The summed E-state index contributed by atoms with van der Waals surface area (Å²) in [6.07, 6.45) is 3.97. The van der Waals surface area contributed by atoms with Gasteiger partial charge in [0, 0.05) is 12.6 Å². The first kappa shape index (κ1) is 13.2. The number of aromatic nitrogens is 2. The van der Waals surface area contributed by atoms with Crippen LogP contribution in [0, 0.1) is 11.6 Å². The van der Waals surface area contributed by atoms with Crippen molar-refractivity contribution in [3.05, 3.63) is 42.2 Å². The molecule has 0 atom stereocenters. The maximum Gasteiger partial charge on any atom is 0.151 e. The molecule has 0 aliphatic rings. The molecule has 1 aromatic carbocycles. The lowest BCUT2D eigenvalue weighted by atomic mass is 10.3. The molecule has 0 fully saturated rings. The van der Waals surface area contributed by atoms with Gasteiger partial charge in [0.05, 0.1) is 18.1 Å². The molecule has 0 saturated carbocycles. The zero-order chi connectivity index (χ0) is 13.7. The fraction of sp³-hybridized carbons (Fsp3) is 0.231. The van der Waals surface area contributed by atoms with E-state index >= 15 is 0 Å². The molecule has 0 radical (unpaired) electrons. The predicted octanol–water partition coefficient (Wildman–Crippen LogP) is 3.32. The average Bonchev–Trinajstić information content (AvgIpc) is 2.41. The lowest BCUT2D eigenvalue weighted by Gasteiger charge is -2.08. The lowest BCUT2D eigenvalue weighted by Crippen LogP contribution is -2.04. The second-order valence-electron chi connectivity index (χ2n) is 3.97. The van der Waals surface area contributed by atoms with Crippen molar-refractivity contribution in [3.63, 3.8) is 0 Å². The number of hydrogen-bond acceptors (Lipinski definition) is 4. The van der Waals surface area contributed by atoms with Crippen LogP contribution in [0.25, 0.3) is 0 Å². The van der Waals surface area contributed by atoms with Crippen LogP contribution in [0.5, 0.6) is 0 Å². The van der Waals surface area contributed by atoms with Gasteiger partial charge < -0.3 is 10.6 Å². The highest BCUT2D eigenvalue weighted by atomic mass is 19.1. The van der Waals surface area contributed by atoms with Crippen LogP contribution >= 0.6 is 0 Å². The van der Waals surface area contributed by atoms with Crippen LogP contribution in [-0.2, 0) is 0 Å². The van der Waals surface area contributed by atoms with Crippen LogP contribution in [-0.4, -0.2) is 16.5 Å². The molecular weight excluding hydrogens is 250 g/mol. The van der Waals surface area contributed by atoms with E-state index in [2.05, 4.69) is 20.6 Å². The number of anilines is 3. The molecule has 0 saturated heterocycles. The Morgan fingerprint density at radius 1 is 1.16 bits per heavy atom. The Kier molecular flexibility index (Phi) is 4.22. The van der Waals surface area contributed by atoms with Gasteiger partial charge in [0.2, 0.25) is 0 Å². The first-order valence-electron chi connectivity index (χ1n) is 5.97. The highest BCUT2D eigenvalue weighted by molar-refractivity contribution is 5.57. The van der Waals surface area contributed by atoms with Crippen LogP contribution < -0.4 is 10.6 Å². The number of nitrogens with one attached hydrogen (secondary N) is 2. The highest BCUT2D eigenvalue weighted by Crippen LogP contribution is 2.19. The summed E-state index contributed by atoms with van der Waals surface area (Å²) in [6.45, 7) is 2.80. The molecule has 2 aromatic rings. The van der Waals surface area contributed by atoms with E-state index in [0.717, 1.165) is 31.2 Å². The van der Waals surface area contributed by atoms with Crippen molar-refractivity contribution < 1.29 is 8.78 Å². The van der Waals surface area contributed by atoms with Crippen molar-refractivity contribution in [2.75, 3.05) is 17.2 Å². The normalized spacial score (nSPS) is 10.3. The van der Waals surface area contributed by atoms with E-state index in [1.807, 2.05) is 6.92 Å². The summed E-state index contributed by atoms with van der Waals surface area (Å²) in [5.74, 6) is -0.124. The molecule has 0 bridgehead atoms. The van der Waals surface area contributed by atoms with E-state index in [-0.39, 0.29) is 5.69 Å². The minimum absolute atomic E-state index is 0.0296. The van der Waals surface area contributed by atoms with Gasteiger partial charge in [-0.05, 0) is 18.6 Å². The number of benzene rings is 1. The summed E-state index contributed by atoms with van der Waals surface area (Å²) in [5.41, 5.74) is 0.0296. The van der Waals surface area contributed by atoms with Gasteiger partial charge in [0.15, 0.2) is 5.82 Å². The predicted molar refractivity (Wildman–Crippen MR) is 70.5 cm³/mol. The van der Waals surface area contributed by atoms with Gasteiger partial charge in [-0.1, -0.05) is 6.92 Å². The minimum atomic E-state index is -0.546. The third-order valence-corrected chi connectivity index (χ3v) is 2.38. The Morgan fingerprint density at radius 3 is 2.74 bits per heavy atom. The maximum absolute atomic E-state index is 13.5. The van der Waals surface area contributed by atoms with E-state index in [9.17, 15) is 8.78 Å². The molecule has 0 amide bonds. The molecule has 6 heteroatoms. The van der Waals surface area contributed by atoms with Crippen LogP contribution in [0.15, 0.2) is 30.6 Å². The fourth-order valence-electron chi connectivity index (χ4n) is 1.50. The quantitative estimate of drug-likeness (QED) is 0.869. The number of hydrogen-bond donors (Lipinski definition) is 2. The Morgan fingerprint density at radius 2 is 1.95 bits per heavy atom. The van der Waals surface area contributed by atoms with Gasteiger partial charge in [0.1, 0.15) is 17.5 Å². The zero-order valence-electron chi connectivity index (χ0n) is 10.5. The van der Waals surface area contributed by atoms with Crippen LogP contribution in [0.2, 0.25) is 0 Å². The summed E-state index contributed by atoms with van der Waals surface area (Å²) < 4.78 is 26.5. The Bertz CT molecular complexity index is 560. The number of nitrogens with zero attached hydrogens (tertiary/aromatic N) is 2. The van der Waals surface area contributed by atoms with Crippen LogP contribution in [0.3, 0.4) is 0 Å². The highest BCUT2D eigenvalue weighted by Gasteiger charge is 2.05. The van der Waals surface area contributed by atoms with E-state index in [1.165, 1.54) is 6.20 Å². The molecule has 0 aliphatic carbocycles. The molecule has 19 heavy (non-hydrogen) atoms. The summed E-state index contributed by atoms with van der Waals surface area (Å²) >= 11 is 0. The number of halogens is 2. The van der Waals surface area contributed by atoms with Crippen molar-refractivity contribution in [2.45, 2.75) is 13.3 Å². The second-order valence-corrected chi connectivity index (χ2v) is 3.97. The third-order valence-electron chi connectivity index (χ3n) is 2.38. The van der Waals surface area contributed by atoms with Crippen LogP contribution in [0.1, 0.15) is 13.3 Å². The standard InChI is InChI=1S/C13H14F2N4/c1-2-5-17-12-7-16-8-13(19-12)18-11-6-9(14)3-4-10(11)15/h3-4,6-8H,2,5H2,1H3,(H2,17,18,19). The fourth-order valence-corrected chi connectivity index (χ4v) is 1.50. The largest absolute Gasteiger partial charge is 0.369 e. The maximum atomic E-state index is 13.5. The van der Waals surface area contributed by atoms with E-state index in [0.29, 0.717) is 11.6 Å². The Labute approximate surface area is 109 Å². The Hall–Kier alpha value is -2.24. The molecule has 0 unspecified atom stereocenters. The van der Waals surface area contributed by atoms with Gasteiger partial charge in [-0.3, -0.25) is 4.98 Å². The molecule has 2 N–H and O–H groups in total. The van der Waals surface area contributed by atoms with Gasteiger partial charge >= 0.3 is 0 Å². The lowest BCUT2D eigenvalue weighted by molar-refractivity contribution is 0.603. The third kappa shape index (κ3) is 3.61. The van der Waals surface area contributed by atoms with Crippen LogP contribution in [0.4, 0.5) is 26.1 Å². The Balaban J connectivity index is 2.16. The smallest absolute Gasteiger partial charge is 0.151 e. The molecule has 0 aliphatic heterocycles. The monoisotopic (exact) mass is 264 g/mol. The molecule has 2 rings (SSSR count). The van der Waals surface area contributed by atoms with E-state index in [4.69, 9.17) is 0 Å². The van der Waals surface area contributed by atoms with Gasteiger partial charge in [0.25, 0.3) is 0 Å². The summed E-state index contributed by atoms with van der Waals surface area (Å²) in [6, 6.07) is 3.19. The number of rotatable bonds is 5. The second kappa shape index (κ2) is 6.08. The molecule has 4 nitrogen and oxygen atoms in total. The van der Waals surface area contributed by atoms with E-state index in [1.54, 1.807) is 6.20 Å². The molecule has 0 spiro atoms. The zero-order valence-corrected chi connectivity index (χ0v) is 10.5. The first-order chi connectivity index (χ1) is 9.19. The summed E-state index contributed by atoms with van der Waals surface area (Å²) in [4.78, 5) is 8.18. The first-order valence-corrected chi connectivity index (χ1v) is 5.97. The molecule has 100 valence electrons. The van der Waals surface area contributed by atoms with Crippen molar-refractivity contribution >= 4 is 17.3 Å².